The van der Waals surface area contributed by atoms with Crippen LogP contribution in [-0.4, -0.2) is 39.5 Å². The highest BCUT2D eigenvalue weighted by Crippen LogP contribution is 2.40. The van der Waals surface area contributed by atoms with E-state index >= 15 is 0 Å². The second-order valence-corrected chi connectivity index (χ2v) is 7.78. The van der Waals surface area contributed by atoms with Crippen LogP contribution in [-0.2, 0) is 17.8 Å². The van der Waals surface area contributed by atoms with E-state index in [0.29, 0.717) is 48.4 Å². The highest BCUT2D eigenvalue weighted by molar-refractivity contribution is 5.82. The summed E-state index contributed by atoms with van der Waals surface area (Å²) in [5.41, 5.74) is 7.99. The first-order valence-corrected chi connectivity index (χ1v) is 10.7. The lowest BCUT2D eigenvalue weighted by molar-refractivity contribution is -0.121. The number of aliphatic hydroxyl groups is 1. The molecule has 0 saturated carbocycles. The fraction of sp³-hybridized carbons (Fsp3) is 0.292. The van der Waals surface area contributed by atoms with Gasteiger partial charge in [-0.05, 0) is 29.7 Å². The van der Waals surface area contributed by atoms with Gasteiger partial charge in [-0.25, -0.2) is 4.68 Å². The molecule has 9 heteroatoms. The molecular weight excluding hydrogens is 422 g/mol. The summed E-state index contributed by atoms with van der Waals surface area (Å²) in [6.45, 7) is 4.41. The Hall–Kier alpha value is -3.85. The number of carbonyl (C=O) groups excluding carboxylic acids is 1. The number of rotatable bonds is 9. The molecule has 0 spiro atoms. The van der Waals surface area contributed by atoms with Crippen LogP contribution in [0.3, 0.4) is 0 Å². The van der Waals surface area contributed by atoms with Crippen LogP contribution < -0.4 is 20.5 Å². The molecular formula is C24H27N5O4. The fourth-order valence-corrected chi connectivity index (χ4v) is 3.93. The van der Waals surface area contributed by atoms with Gasteiger partial charge < -0.3 is 25.6 Å². The summed E-state index contributed by atoms with van der Waals surface area (Å²) < 4.78 is 13.2. The minimum atomic E-state index is -0.750. The lowest BCUT2D eigenvalue weighted by Crippen LogP contribution is -2.40. The van der Waals surface area contributed by atoms with Crippen molar-refractivity contribution < 1.29 is 19.4 Å². The number of primary amides is 1. The van der Waals surface area contributed by atoms with E-state index in [1.165, 1.54) is 0 Å². The molecule has 1 aliphatic rings. The van der Waals surface area contributed by atoms with Crippen molar-refractivity contribution in [2.24, 2.45) is 11.7 Å². The van der Waals surface area contributed by atoms with Crippen molar-refractivity contribution in [2.75, 3.05) is 19.0 Å². The summed E-state index contributed by atoms with van der Waals surface area (Å²) >= 11 is 0. The molecule has 2 heterocycles. The first-order chi connectivity index (χ1) is 16.0. The normalized spacial score (nSPS) is 17.2. The number of amides is 1. The van der Waals surface area contributed by atoms with Gasteiger partial charge in [-0.2, -0.15) is 10.1 Å². The maximum Gasteiger partial charge on any atom is 0.229 e. The molecule has 0 aliphatic carbocycles. The monoisotopic (exact) mass is 449 g/mol. The summed E-state index contributed by atoms with van der Waals surface area (Å²) in [5, 5.41) is 16.8. The Bertz CT molecular complexity index is 1150. The van der Waals surface area contributed by atoms with Crippen molar-refractivity contribution in [3.05, 3.63) is 77.8 Å². The van der Waals surface area contributed by atoms with E-state index in [1.807, 2.05) is 42.5 Å². The Balaban J connectivity index is 1.72. The van der Waals surface area contributed by atoms with Crippen molar-refractivity contribution in [1.82, 2.24) is 14.8 Å². The van der Waals surface area contributed by atoms with Crippen LogP contribution in [0.1, 0.15) is 29.4 Å². The number of benzene rings is 2. The number of hydrogen-bond donors (Lipinski definition) is 3. The number of aryl methyl sites for hydroxylation is 1. The average Bonchev–Trinajstić information content (AvgIpc) is 3.23. The predicted octanol–water partition coefficient (Wildman–Crippen LogP) is 2.42. The standard InChI is InChI=1S/C24H27N5O4/c1-15-21(23(25)31)22(29-24(26-15)27-20(28-29)9-6-12-30)17-10-11-18(32-2)19(13-17)33-14-16-7-4-3-5-8-16/h3-5,7-8,10-11,13,21-22,30H,1,6,9,12,14H2,2H3,(H2,25,31)(H,26,27,28)/t21-,22+/m1/s1. The number of aromatic nitrogens is 3. The van der Waals surface area contributed by atoms with E-state index in [9.17, 15) is 4.79 Å². The number of aliphatic hydroxyl groups excluding tert-OH is 1. The molecule has 0 radical (unpaired) electrons. The van der Waals surface area contributed by atoms with E-state index in [0.717, 1.165) is 11.1 Å². The van der Waals surface area contributed by atoms with Crippen LogP contribution in [0.4, 0.5) is 5.95 Å². The molecule has 1 amide bonds. The van der Waals surface area contributed by atoms with Gasteiger partial charge in [-0.1, -0.05) is 43.0 Å². The zero-order chi connectivity index (χ0) is 23.4. The van der Waals surface area contributed by atoms with Crippen LogP contribution >= 0.6 is 0 Å². The number of nitrogens with zero attached hydrogens (tertiary/aromatic N) is 3. The maximum absolute atomic E-state index is 12.4. The molecule has 0 unspecified atom stereocenters. The second kappa shape index (κ2) is 9.74. The molecule has 2 aromatic carbocycles. The predicted molar refractivity (Wildman–Crippen MR) is 123 cm³/mol. The number of carbonyl (C=O) groups is 1. The Morgan fingerprint density at radius 3 is 2.73 bits per heavy atom. The van der Waals surface area contributed by atoms with Crippen LogP contribution in [0, 0.1) is 5.92 Å². The number of fused-ring (bicyclic) bond motifs is 1. The molecule has 4 rings (SSSR count). The van der Waals surface area contributed by atoms with Gasteiger partial charge in [0.05, 0.1) is 13.2 Å². The van der Waals surface area contributed by atoms with Crippen LogP contribution in [0.25, 0.3) is 0 Å². The third-order valence-corrected chi connectivity index (χ3v) is 5.53. The number of hydrogen-bond acceptors (Lipinski definition) is 7. The number of ether oxygens (including phenoxy) is 2. The van der Waals surface area contributed by atoms with Crippen LogP contribution in [0.2, 0.25) is 0 Å². The van der Waals surface area contributed by atoms with Gasteiger partial charge in [0, 0.05) is 18.7 Å². The van der Waals surface area contributed by atoms with Gasteiger partial charge in [0.15, 0.2) is 17.3 Å². The SMILES string of the molecule is C=C1Nc2nc(CCCO)nn2[C@@H](c2ccc(OC)c(OCc3ccccc3)c2)[C@@H]1C(N)=O. The van der Waals surface area contributed by atoms with Gasteiger partial charge in [0.2, 0.25) is 11.9 Å². The van der Waals surface area contributed by atoms with Gasteiger partial charge in [0.1, 0.15) is 12.5 Å². The van der Waals surface area contributed by atoms with Crippen molar-refractivity contribution >= 4 is 11.9 Å². The summed E-state index contributed by atoms with van der Waals surface area (Å²) in [4.78, 5) is 16.9. The highest BCUT2D eigenvalue weighted by atomic mass is 16.5. The quantitative estimate of drug-likeness (QED) is 0.458. The summed E-state index contributed by atoms with van der Waals surface area (Å²) in [7, 11) is 1.58. The Labute approximate surface area is 191 Å². The first-order valence-electron chi connectivity index (χ1n) is 10.7. The van der Waals surface area contributed by atoms with Gasteiger partial charge in [-0.15, -0.1) is 0 Å². The number of anilines is 1. The number of nitrogens with two attached hydrogens (primary N) is 1. The maximum atomic E-state index is 12.4. The molecule has 9 nitrogen and oxygen atoms in total. The topological polar surface area (TPSA) is 125 Å². The van der Waals surface area contributed by atoms with Crippen LogP contribution in [0.5, 0.6) is 11.5 Å². The third-order valence-electron chi connectivity index (χ3n) is 5.53. The zero-order valence-corrected chi connectivity index (χ0v) is 18.4. The smallest absolute Gasteiger partial charge is 0.229 e. The van der Waals surface area contributed by atoms with E-state index in [2.05, 4.69) is 22.0 Å². The number of nitrogens with one attached hydrogen (secondary N) is 1. The molecule has 2 atom stereocenters. The first kappa shape index (κ1) is 22.3. The Morgan fingerprint density at radius 1 is 1.24 bits per heavy atom. The number of methoxy groups -OCH3 is 1. The summed E-state index contributed by atoms with van der Waals surface area (Å²) in [6, 6.07) is 14.7. The van der Waals surface area contributed by atoms with E-state index < -0.39 is 17.9 Å². The molecule has 0 saturated heterocycles. The minimum Gasteiger partial charge on any atom is -0.493 e. The largest absolute Gasteiger partial charge is 0.493 e. The Morgan fingerprint density at radius 2 is 2.03 bits per heavy atom. The lowest BCUT2D eigenvalue weighted by atomic mass is 9.88. The van der Waals surface area contributed by atoms with Crippen molar-refractivity contribution in [3.8, 4) is 11.5 Å². The van der Waals surface area contributed by atoms with E-state index in [4.69, 9.17) is 20.3 Å². The highest BCUT2D eigenvalue weighted by Gasteiger charge is 2.39. The Kier molecular flexibility index (Phi) is 6.60. The fourth-order valence-electron chi connectivity index (χ4n) is 3.93. The second-order valence-electron chi connectivity index (χ2n) is 7.78. The minimum absolute atomic E-state index is 0.0396. The zero-order valence-electron chi connectivity index (χ0n) is 18.4. The lowest BCUT2D eigenvalue weighted by Gasteiger charge is -2.33. The van der Waals surface area contributed by atoms with Crippen molar-refractivity contribution in [3.63, 3.8) is 0 Å². The van der Waals surface area contributed by atoms with Gasteiger partial charge in [0.25, 0.3) is 0 Å². The van der Waals surface area contributed by atoms with Gasteiger partial charge in [-0.3, -0.25) is 4.79 Å². The molecule has 3 aromatic rings. The third kappa shape index (κ3) is 4.68. The van der Waals surface area contributed by atoms with E-state index in [-0.39, 0.29) is 6.61 Å². The molecule has 4 N–H and O–H groups in total. The van der Waals surface area contributed by atoms with Crippen LogP contribution in [0.15, 0.2) is 60.8 Å². The molecule has 33 heavy (non-hydrogen) atoms. The van der Waals surface area contributed by atoms with E-state index in [1.54, 1.807) is 17.9 Å². The molecule has 0 bridgehead atoms. The molecule has 1 aromatic heterocycles. The summed E-state index contributed by atoms with van der Waals surface area (Å²) in [5.74, 6) is 0.855. The summed E-state index contributed by atoms with van der Waals surface area (Å²) in [6.07, 6.45) is 1.04. The average molecular weight is 450 g/mol. The van der Waals surface area contributed by atoms with Crippen molar-refractivity contribution in [1.29, 1.82) is 0 Å². The van der Waals surface area contributed by atoms with Crippen molar-refractivity contribution in [2.45, 2.75) is 25.5 Å². The molecule has 0 fully saturated rings. The van der Waals surface area contributed by atoms with Gasteiger partial charge >= 0.3 is 0 Å². The molecule has 1 aliphatic heterocycles. The molecule has 172 valence electrons.